The van der Waals surface area contributed by atoms with E-state index >= 15 is 0 Å². The van der Waals surface area contributed by atoms with Crippen molar-refractivity contribution in [2.45, 2.75) is 60.8 Å². The van der Waals surface area contributed by atoms with Crippen molar-refractivity contribution in [2.75, 3.05) is 31.2 Å². The van der Waals surface area contributed by atoms with Gasteiger partial charge in [-0.25, -0.2) is 21.9 Å². The van der Waals surface area contributed by atoms with E-state index < -0.39 is 27.4 Å². The van der Waals surface area contributed by atoms with Gasteiger partial charge in [-0.2, -0.15) is 15.1 Å². The first kappa shape index (κ1) is 24.3. The summed E-state index contributed by atoms with van der Waals surface area (Å²) >= 11 is 1.25. The lowest BCUT2D eigenvalue weighted by Gasteiger charge is -2.48. The van der Waals surface area contributed by atoms with Crippen LogP contribution in [0.5, 0.6) is 0 Å². The van der Waals surface area contributed by atoms with Crippen molar-refractivity contribution in [2.24, 2.45) is 5.41 Å². The molecule has 200 valence electrons. The van der Waals surface area contributed by atoms with Gasteiger partial charge in [-0.3, -0.25) is 0 Å². The van der Waals surface area contributed by atoms with Crippen LogP contribution in [0.25, 0.3) is 16.0 Å². The van der Waals surface area contributed by atoms with Crippen molar-refractivity contribution in [3.63, 3.8) is 0 Å². The second kappa shape index (κ2) is 8.14. The Morgan fingerprint density at radius 1 is 1.11 bits per heavy atom. The van der Waals surface area contributed by atoms with Crippen molar-refractivity contribution in [3.8, 4) is 11.2 Å². The Bertz CT molecular complexity index is 1570. The molecule has 3 aromatic rings. The van der Waals surface area contributed by atoms with Gasteiger partial charge in [-0.1, -0.05) is 11.3 Å². The largest absolute Gasteiger partial charge is 0.380 e. The van der Waals surface area contributed by atoms with Crippen LogP contribution < -0.4 is 9.62 Å². The van der Waals surface area contributed by atoms with Gasteiger partial charge in [0.15, 0.2) is 0 Å². The Labute approximate surface area is 221 Å². The number of sulfonamides is 1. The third-order valence-electron chi connectivity index (χ3n) is 8.44. The molecule has 2 aromatic heterocycles. The number of hydrogen-bond acceptors (Lipinski definition) is 9. The van der Waals surface area contributed by atoms with E-state index in [4.69, 9.17) is 4.74 Å². The van der Waals surface area contributed by atoms with Gasteiger partial charge in [-0.15, -0.1) is 10.2 Å². The van der Waals surface area contributed by atoms with Crippen LogP contribution in [0.4, 0.5) is 14.5 Å². The molecule has 4 heterocycles. The molecule has 1 spiro atoms. The van der Waals surface area contributed by atoms with Crippen LogP contribution in [0.2, 0.25) is 0 Å². The Morgan fingerprint density at radius 2 is 1.84 bits per heavy atom. The predicted molar refractivity (Wildman–Crippen MR) is 134 cm³/mol. The standard InChI is InChI=1S/C24H25F2N7O3S2/c25-19(26)24(3-4-24)31-38(34,35)15-9-17(32-7-5-22(6-8-32)13-36-14-22)16-11-28-33(18(16)10-15)21-30-29-20(37-21)23(12-27)1-2-23/h9-11,19,31H,1-8,13-14H2. The highest BCUT2D eigenvalue weighted by Gasteiger charge is 2.54. The van der Waals surface area contributed by atoms with Crippen LogP contribution >= 0.6 is 11.3 Å². The van der Waals surface area contributed by atoms with Crippen LogP contribution in [0, 0.1) is 16.7 Å². The maximum Gasteiger partial charge on any atom is 0.257 e. The Balaban J connectivity index is 1.31. The summed E-state index contributed by atoms with van der Waals surface area (Å²) in [5.41, 5.74) is -0.956. The number of aromatic nitrogens is 4. The molecular formula is C24H25F2N7O3S2. The molecule has 2 aliphatic heterocycles. The summed E-state index contributed by atoms with van der Waals surface area (Å²) in [6.45, 7) is 2.92. The lowest BCUT2D eigenvalue weighted by Crippen LogP contribution is -2.51. The van der Waals surface area contributed by atoms with Crippen molar-refractivity contribution in [1.29, 1.82) is 5.26 Å². The molecular weight excluding hydrogens is 536 g/mol. The number of piperidine rings is 1. The average Bonchev–Trinajstić information content (AvgIpc) is 3.75. The molecule has 0 radical (unpaired) electrons. The molecule has 4 aliphatic rings. The number of nitriles is 1. The van der Waals surface area contributed by atoms with E-state index in [0.717, 1.165) is 57.4 Å². The Morgan fingerprint density at radius 3 is 2.42 bits per heavy atom. The first-order valence-corrected chi connectivity index (χ1v) is 14.9. The molecule has 0 unspecified atom stereocenters. The molecule has 38 heavy (non-hydrogen) atoms. The number of benzene rings is 1. The quantitative estimate of drug-likeness (QED) is 0.466. The zero-order valence-electron chi connectivity index (χ0n) is 20.4. The number of anilines is 1. The summed E-state index contributed by atoms with van der Waals surface area (Å²) in [6.07, 6.45) is 2.37. The topological polar surface area (TPSA) is 126 Å². The molecule has 1 aromatic carbocycles. The number of nitrogens with one attached hydrogen (secondary N) is 1. The number of fused-ring (bicyclic) bond motifs is 1. The van der Waals surface area contributed by atoms with Crippen molar-refractivity contribution in [1.82, 2.24) is 24.7 Å². The summed E-state index contributed by atoms with van der Waals surface area (Å²) in [7, 11) is -4.25. The minimum Gasteiger partial charge on any atom is -0.380 e. The Kier molecular flexibility index (Phi) is 5.21. The molecule has 1 N–H and O–H groups in total. The summed E-state index contributed by atoms with van der Waals surface area (Å²) in [4.78, 5) is 2.04. The molecule has 0 bridgehead atoms. The van der Waals surface area contributed by atoms with Crippen molar-refractivity contribution < 1.29 is 21.9 Å². The molecule has 2 saturated carbocycles. The number of rotatable bonds is 7. The van der Waals surface area contributed by atoms with Gasteiger partial charge in [-0.05, 0) is 50.7 Å². The summed E-state index contributed by atoms with van der Waals surface area (Å²) in [5.74, 6) is 0. The van der Waals surface area contributed by atoms with E-state index in [-0.39, 0.29) is 23.2 Å². The number of nitrogens with zero attached hydrogens (tertiary/aromatic N) is 6. The fraction of sp³-hybridized carbons (Fsp3) is 0.583. The van der Waals surface area contributed by atoms with E-state index in [0.29, 0.717) is 21.3 Å². The zero-order chi connectivity index (χ0) is 26.3. The van der Waals surface area contributed by atoms with Gasteiger partial charge in [0.2, 0.25) is 15.2 Å². The number of ether oxygens (including phenoxy) is 1. The Hall–Kier alpha value is -2.73. The first-order valence-electron chi connectivity index (χ1n) is 12.6. The third-order valence-corrected chi connectivity index (χ3v) is 11.1. The van der Waals surface area contributed by atoms with Crippen LogP contribution in [0.3, 0.4) is 0 Å². The van der Waals surface area contributed by atoms with Gasteiger partial charge in [0, 0.05) is 29.6 Å². The van der Waals surface area contributed by atoms with Gasteiger partial charge >= 0.3 is 0 Å². The van der Waals surface area contributed by atoms with Crippen LogP contribution in [0.15, 0.2) is 23.2 Å². The van der Waals surface area contributed by atoms with Crippen molar-refractivity contribution >= 4 is 38.0 Å². The van der Waals surface area contributed by atoms with Gasteiger partial charge < -0.3 is 9.64 Å². The summed E-state index contributed by atoms with van der Waals surface area (Å²) < 4.78 is 63.3. The van der Waals surface area contributed by atoms with Crippen LogP contribution in [0.1, 0.15) is 43.5 Å². The fourth-order valence-electron chi connectivity index (χ4n) is 5.37. The van der Waals surface area contributed by atoms with Crippen LogP contribution in [-0.2, 0) is 20.2 Å². The van der Waals surface area contributed by atoms with Gasteiger partial charge in [0.05, 0.1) is 41.4 Å². The number of alkyl halides is 2. The molecule has 10 nitrogen and oxygen atoms in total. The molecule has 2 saturated heterocycles. The fourth-order valence-corrected chi connectivity index (χ4v) is 7.87. The monoisotopic (exact) mass is 561 g/mol. The lowest BCUT2D eigenvalue weighted by molar-refractivity contribution is -0.124. The second-order valence-electron chi connectivity index (χ2n) is 11.1. The highest BCUT2D eigenvalue weighted by atomic mass is 32.2. The van der Waals surface area contributed by atoms with E-state index in [1.165, 1.54) is 22.1 Å². The lowest BCUT2D eigenvalue weighted by atomic mass is 9.76. The third kappa shape index (κ3) is 3.74. The van der Waals surface area contributed by atoms with E-state index in [1.54, 1.807) is 12.3 Å². The highest BCUT2D eigenvalue weighted by Crippen LogP contribution is 2.49. The van der Waals surface area contributed by atoms with Crippen molar-refractivity contribution in [3.05, 3.63) is 23.3 Å². The molecule has 7 rings (SSSR count). The maximum atomic E-state index is 13.6. The van der Waals surface area contributed by atoms with E-state index in [2.05, 4.69) is 31.0 Å². The molecule has 2 aliphatic carbocycles. The highest BCUT2D eigenvalue weighted by molar-refractivity contribution is 7.89. The maximum absolute atomic E-state index is 13.6. The van der Waals surface area contributed by atoms with E-state index in [1.807, 2.05) is 0 Å². The SMILES string of the molecule is N#CC1(c2nnc(-n3ncc4c(N5CCC6(CC5)COC6)cc(S(=O)(=O)NC5(C(F)F)CC5)cc43)s2)CC1. The minimum atomic E-state index is -4.25. The summed E-state index contributed by atoms with van der Waals surface area (Å²) in [6, 6.07) is 5.33. The molecule has 4 fully saturated rings. The minimum absolute atomic E-state index is 0.0960. The van der Waals surface area contributed by atoms with Crippen LogP contribution in [-0.4, -0.2) is 66.7 Å². The predicted octanol–water partition coefficient (Wildman–Crippen LogP) is 3.12. The number of hydrogen-bond donors (Lipinski definition) is 1. The van der Waals surface area contributed by atoms with E-state index in [9.17, 15) is 22.5 Å². The summed E-state index contributed by atoms with van der Waals surface area (Å²) in [5, 5.41) is 24.3. The molecule has 0 amide bonds. The molecule has 0 atom stereocenters. The number of halogens is 2. The smallest absolute Gasteiger partial charge is 0.257 e. The first-order chi connectivity index (χ1) is 18.2. The average molecular weight is 562 g/mol. The zero-order valence-corrected chi connectivity index (χ0v) is 22.0. The van der Waals surface area contributed by atoms with Gasteiger partial charge in [0.25, 0.3) is 6.43 Å². The molecule has 14 heteroatoms. The second-order valence-corrected chi connectivity index (χ2v) is 13.7. The van der Waals surface area contributed by atoms with Gasteiger partial charge in [0.1, 0.15) is 10.4 Å². The normalized spacial score (nSPS) is 22.9.